The minimum absolute atomic E-state index is 0.0971. The molecule has 0 saturated heterocycles. The van der Waals surface area contributed by atoms with Crippen LogP contribution in [0.2, 0.25) is 0 Å². The Morgan fingerprint density at radius 3 is 2.74 bits per heavy atom. The normalized spacial score (nSPS) is 12.2. The zero-order valence-corrected chi connectivity index (χ0v) is 14.7. The van der Waals surface area contributed by atoms with Crippen LogP contribution in [0.25, 0.3) is 11.0 Å². The highest BCUT2D eigenvalue weighted by molar-refractivity contribution is 5.96. The molecule has 3 aromatic rings. The highest BCUT2D eigenvalue weighted by atomic mass is 16.7. The zero-order valence-electron chi connectivity index (χ0n) is 14.7. The molecule has 0 bridgehead atoms. The lowest BCUT2D eigenvalue weighted by Gasteiger charge is -2.07. The van der Waals surface area contributed by atoms with Crippen LogP contribution < -0.4 is 20.3 Å². The smallest absolute Gasteiger partial charge is 0.269 e. The van der Waals surface area contributed by atoms with Crippen LogP contribution in [0.5, 0.6) is 11.5 Å². The van der Waals surface area contributed by atoms with Gasteiger partial charge in [-0.25, -0.2) is 0 Å². The van der Waals surface area contributed by atoms with Gasteiger partial charge in [0, 0.05) is 16.5 Å². The van der Waals surface area contributed by atoms with E-state index in [0.29, 0.717) is 17.1 Å². The van der Waals surface area contributed by atoms with E-state index in [-0.39, 0.29) is 19.1 Å². The van der Waals surface area contributed by atoms with Gasteiger partial charge in [-0.1, -0.05) is 19.1 Å². The number of furan rings is 1. The van der Waals surface area contributed by atoms with Crippen LogP contribution in [-0.2, 0) is 17.6 Å². The van der Waals surface area contributed by atoms with Gasteiger partial charge in [-0.2, -0.15) is 0 Å². The van der Waals surface area contributed by atoms with Gasteiger partial charge in [-0.15, -0.1) is 0 Å². The van der Waals surface area contributed by atoms with Crippen LogP contribution >= 0.6 is 0 Å². The lowest BCUT2D eigenvalue weighted by atomic mass is 10.1. The molecular formula is C20H18N2O5. The second kappa shape index (κ2) is 7.03. The average molecular weight is 366 g/mol. The molecule has 4 rings (SSSR count). The number of amides is 2. The summed E-state index contributed by atoms with van der Waals surface area (Å²) in [5.74, 6) is 0.316. The molecule has 2 amide bonds. The third-order valence-electron chi connectivity index (χ3n) is 4.43. The molecule has 0 fully saturated rings. The molecule has 27 heavy (non-hydrogen) atoms. The summed E-state index contributed by atoms with van der Waals surface area (Å²) in [6.45, 7) is 2.21. The Labute approximate surface area is 155 Å². The van der Waals surface area contributed by atoms with Crippen molar-refractivity contribution in [3.05, 3.63) is 59.4 Å². The fraction of sp³-hybridized carbons (Fsp3) is 0.200. The summed E-state index contributed by atoms with van der Waals surface area (Å²) in [7, 11) is 0. The number of hydrogen-bond donors (Lipinski definition) is 2. The third kappa shape index (κ3) is 3.44. The van der Waals surface area contributed by atoms with E-state index < -0.39 is 5.91 Å². The molecule has 2 N–H and O–H groups in total. The summed E-state index contributed by atoms with van der Waals surface area (Å²) >= 11 is 0. The van der Waals surface area contributed by atoms with E-state index in [1.54, 1.807) is 24.5 Å². The van der Waals surface area contributed by atoms with Crippen LogP contribution in [0.15, 0.2) is 47.1 Å². The first-order chi connectivity index (χ1) is 13.1. The lowest BCUT2D eigenvalue weighted by Crippen LogP contribution is -2.42. The number of hydrazine groups is 1. The number of hydrogen-bond acceptors (Lipinski definition) is 5. The number of ether oxygens (including phenoxy) is 2. The minimum Gasteiger partial charge on any atom is -0.464 e. The molecule has 0 atom stereocenters. The van der Waals surface area contributed by atoms with Gasteiger partial charge in [-0.05, 0) is 36.2 Å². The van der Waals surface area contributed by atoms with Crippen molar-refractivity contribution in [3.63, 3.8) is 0 Å². The van der Waals surface area contributed by atoms with Crippen molar-refractivity contribution in [2.45, 2.75) is 19.8 Å². The number of nitrogens with one attached hydrogen (secondary N) is 2. The SMILES string of the molecule is CCc1ccc2c(CC(=O)NNC(=O)c3ccc4c(c3)OCO4)coc2c1. The third-order valence-corrected chi connectivity index (χ3v) is 4.43. The van der Waals surface area contributed by atoms with Gasteiger partial charge in [0.25, 0.3) is 5.91 Å². The second-order valence-electron chi connectivity index (χ2n) is 6.19. The van der Waals surface area contributed by atoms with Gasteiger partial charge in [0.2, 0.25) is 12.7 Å². The Bertz CT molecular complexity index is 1020. The Morgan fingerprint density at radius 2 is 1.89 bits per heavy atom. The van der Waals surface area contributed by atoms with Crippen LogP contribution in [0.3, 0.4) is 0 Å². The Morgan fingerprint density at radius 1 is 1.04 bits per heavy atom. The first-order valence-electron chi connectivity index (χ1n) is 8.62. The first-order valence-corrected chi connectivity index (χ1v) is 8.62. The number of rotatable bonds is 4. The maximum absolute atomic E-state index is 12.2. The summed E-state index contributed by atoms with van der Waals surface area (Å²) in [6, 6.07) is 10.8. The van der Waals surface area contributed by atoms with Crippen molar-refractivity contribution in [1.82, 2.24) is 10.9 Å². The van der Waals surface area contributed by atoms with Gasteiger partial charge in [0.05, 0.1) is 12.7 Å². The number of fused-ring (bicyclic) bond motifs is 2. The lowest BCUT2D eigenvalue weighted by molar-refractivity contribution is -0.121. The molecule has 0 unspecified atom stereocenters. The van der Waals surface area contributed by atoms with Crippen LogP contribution in [0.4, 0.5) is 0 Å². The summed E-state index contributed by atoms with van der Waals surface area (Å²) in [6.07, 6.45) is 2.58. The van der Waals surface area contributed by atoms with Gasteiger partial charge in [-0.3, -0.25) is 20.4 Å². The number of benzene rings is 2. The molecule has 7 heteroatoms. The van der Waals surface area contributed by atoms with E-state index in [4.69, 9.17) is 13.9 Å². The van der Waals surface area contributed by atoms with E-state index in [1.807, 2.05) is 18.2 Å². The molecule has 138 valence electrons. The average Bonchev–Trinajstić information content (AvgIpc) is 3.32. The highest BCUT2D eigenvalue weighted by Gasteiger charge is 2.17. The molecule has 2 heterocycles. The number of aryl methyl sites for hydroxylation is 1. The Balaban J connectivity index is 1.38. The van der Waals surface area contributed by atoms with E-state index >= 15 is 0 Å². The van der Waals surface area contributed by atoms with Crippen molar-refractivity contribution in [2.75, 3.05) is 6.79 Å². The number of carbonyl (C=O) groups is 2. The number of carbonyl (C=O) groups excluding carboxylic acids is 2. The fourth-order valence-electron chi connectivity index (χ4n) is 2.94. The molecular weight excluding hydrogens is 348 g/mol. The van der Waals surface area contributed by atoms with Crippen LogP contribution in [0, 0.1) is 0 Å². The van der Waals surface area contributed by atoms with Crippen molar-refractivity contribution >= 4 is 22.8 Å². The minimum atomic E-state index is -0.439. The van der Waals surface area contributed by atoms with E-state index in [1.165, 1.54) is 5.56 Å². The summed E-state index contributed by atoms with van der Waals surface area (Å²) < 4.78 is 16.0. The molecule has 0 radical (unpaired) electrons. The Hall–Kier alpha value is -3.48. The zero-order chi connectivity index (χ0) is 18.8. The van der Waals surface area contributed by atoms with Gasteiger partial charge < -0.3 is 13.9 Å². The predicted octanol–water partition coefficient (Wildman–Crippen LogP) is 2.73. The van der Waals surface area contributed by atoms with E-state index in [2.05, 4.69) is 17.8 Å². The maximum atomic E-state index is 12.2. The van der Waals surface area contributed by atoms with Crippen molar-refractivity contribution in [3.8, 4) is 11.5 Å². The van der Waals surface area contributed by atoms with E-state index in [0.717, 1.165) is 23.0 Å². The molecule has 1 aromatic heterocycles. The summed E-state index contributed by atoms with van der Waals surface area (Å²) in [5.41, 5.74) is 7.87. The summed E-state index contributed by atoms with van der Waals surface area (Å²) in [5, 5.41) is 0.893. The second-order valence-corrected chi connectivity index (χ2v) is 6.19. The molecule has 1 aliphatic heterocycles. The van der Waals surface area contributed by atoms with Gasteiger partial charge >= 0.3 is 0 Å². The van der Waals surface area contributed by atoms with E-state index in [9.17, 15) is 9.59 Å². The summed E-state index contributed by atoms with van der Waals surface area (Å²) in [4.78, 5) is 24.4. The molecule has 1 aliphatic rings. The monoisotopic (exact) mass is 366 g/mol. The molecule has 0 saturated carbocycles. The largest absolute Gasteiger partial charge is 0.464 e. The van der Waals surface area contributed by atoms with Crippen molar-refractivity contribution in [1.29, 1.82) is 0 Å². The topological polar surface area (TPSA) is 89.8 Å². The standard InChI is InChI=1S/C20H18N2O5/c1-2-12-3-5-15-14(10-25-17(15)7-12)9-19(23)21-22-20(24)13-4-6-16-18(8-13)27-11-26-16/h3-8,10H,2,9,11H2,1H3,(H,21,23)(H,22,24). The van der Waals surface area contributed by atoms with Crippen molar-refractivity contribution in [2.24, 2.45) is 0 Å². The molecule has 7 nitrogen and oxygen atoms in total. The fourth-order valence-corrected chi connectivity index (χ4v) is 2.94. The first kappa shape index (κ1) is 17.0. The molecule has 0 spiro atoms. The molecule has 0 aliphatic carbocycles. The van der Waals surface area contributed by atoms with Gasteiger partial charge in [0.15, 0.2) is 11.5 Å². The van der Waals surface area contributed by atoms with Gasteiger partial charge in [0.1, 0.15) is 5.58 Å². The van der Waals surface area contributed by atoms with Crippen LogP contribution in [-0.4, -0.2) is 18.6 Å². The molecule has 2 aromatic carbocycles. The van der Waals surface area contributed by atoms with Crippen LogP contribution in [0.1, 0.15) is 28.4 Å². The maximum Gasteiger partial charge on any atom is 0.269 e. The van der Waals surface area contributed by atoms with Crippen molar-refractivity contribution < 1.29 is 23.5 Å². The predicted molar refractivity (Wildman–Crippen MR) is 97.5 cm³/mol. The highest BCUT2D eigenvalue weighted by Crippen LogP contribution is 2.32. The quantitative estimate of drug-likeness (QED) is 0.693. The Kier molecular flexibility index (Phi) is 4.42.